The van der Waals surface area contributed by atoms with Crippen molar-refractivity contribution in [3.8, 4) is 0 Å². The van der Waals surface area contributed by atoms with Crippen LogP contribution in [0, 0.1) is 0 Å². The molecule has 1 aliphatic heterocycles. The Morgan fingerprint density at radius 1 is 1.73 bits per heavy atom. The van der Waals surface area contributed by atoms with Gasteiger partial charge < -0.3 is 10.5 Å². The normalized spacial score (nSPS) is 21.2. The minimum Gasteiger partial charge on any atom is -0.378 e. The predicted molar refractivity (Wildman–Crippen MR) is 40.5 cm³/mol. The third kappa shape index (κ3) is 1.58. The van der Waals surface area contributed by atoms with E-state index in [2.05, 4.69) is 9.73 Å². The van der Waals surface area contributed by atoms with Gasteiger partial charge in [0.05, 0.1) is 17.7 Å². The number of aliphatic imine (C=N–C) groups is 1. The second kappa shape index (κ2) is 2.63. The number of sulfone groups is 1. The van der Waals surface area contributed by atoms with E-state index in [0.717, 1.165) is 5.41 Å². The lowest BCUT2D eigenvalue weighted by atomic mass is 10.5. The van der Waals surface area contributed by atoms with E-state index in [4.69, 9.17) is 5.73 Å². The molecule has 0 radical (unpaired) electrons. The molecule has 0 saturated heterocycles. The van der Waals surface area contributed by atoms with Gasteiger partial charge in [0.2, 0.25) is 15.0 Å². The molecule has 0 bridgehead atoms. The molecule has 0 aromatic rings. The topological polar surface area (TPSA) is 81.8 Å². The molecule has 1 rings (SSSR count). The summed E-state index contributed by atoms with van der Waals surface area (Å²) in [7, 11) is -1.95. The molecule has 1 heterocycles. The van der Waals surface area contributed by atoms with Gasteiger partial charge in [-0.15, -0.1) is 0 Å². The monoisotopic (exact) mass is 176 g/mol. The number of nitrogens with two attached hydrogens (primary N) is 1. The Labute approximate surface area is 64.5 Å². The lowest BCUT2D eigenvalue weighted by Crippen LogP contribution is -2.18. The molecule has 0 spiro atoms. The SMILES string of the molecule is COCC1=CS(=O)(=O)C(N)=N1. The van der Waals surface area contributed by atoms with Crippen LogP contribution in [-0.4, -0.2) is 27.3 Å². The largest absolute Gasteiger partial charge is 0.378 e. The van der Waals surface area contributed by atoms with E-state index >= 15 is 0 Å². The van der Waals surface area contributed by atoms with E-state index in [9.17, 15) is 8.42 Å². The zero-order valence-electron chi connectivity index (χ0n) is 5.94. The molecule has 0 aromatic heterocycles. The van der Waals surface area contributed by atoms with Crippen LogP contribution in [0.15, 0.2) is 16.1 Å². The second-order valence-corrected chi connectivity index (χ2v) is 3.78. The highest BCUT2D eigenvalue weighted by Gasteiger charge is 2.21. The second-order valence-electron chi connectivity index (χ2n) is 2.04. The third-order valence-electron chi connectivity index (χ3n) is 1.13. The van der Waals surface area contributed by atoms with Crippen LogP contribution in [0.25, 0.3) is 0 Å². The Balaban J connectivity index is 2.92. The molecular weight excluding hydrogens is 168 g/mol. The number of methoxy groups -OCH3 is 1. The first-order valence-corrected chi connectivity index (χ1v) is 4.39. The van der Waals surface area contributed by atoms with Crippen molar-refractivity contribution in [2.24, 2.45) is 10.7 Å². The molecule has 0 amide bonds. The van der Waals surface area contributed by atoms with Crippen LogP contribution in [0.3, 0.4) is 0 Å². The molecule has 62 valence electrons. The maximum absolute atomic E-state index is 10.9. The molecule has 5 nitrogen and oxygen atoms in total. The number of ether oxygens (including phenoxy) is 1. The Morgan fingerprint density at radius 2 is 2.36 bits per heavy atom. The molecular formula is C5H8N2O3S. The van der Waals surface area contributed by atoms with Gasteiger partial charge in [-0.05, 0) is 0 Å². The maximum Gasteiger partial charge on any atom is 0.234 e. The molecule has 0 aliphatic carbocycles. The third-order valence-corrected chi connectivity index (χ3v) is 2.39. The summed E-state index contributed by atoms with van der Waals surface area (Å²) in [6.07, 6.45) is 0. The molecule has 0 saturated carbocycles. The molecule has 0 unspecified atom stereocenters. The summed E-state index contributed by atoms with van der Waals surface area (Å²) in [6, 6.07) is 0. The van der Waals surface area contributed by atoms with Gasteiger partial charge >= 0.3 is 0 Å². The summed E-state index contributed by atoms with van der Waals surface area (Å²) in [6.45, 7) is 0.167. The van der Waals surface area contributed by atoms with Crippen molar-refractivity contribution >= 4 is 15.0 Å². The van der Waals surface area contributed by atoms with E-state index in [1.807, 2.05) is 0 Å². The molecule has 1 aliphatic rings. The first-order valence-electron chi connectivity index (χ1n) is 2.85. The van der Waals surface area contributed by atoms with Crippen molar-refractivity contribution in [2.75, 3.05) is 13.7 Å². The van der Waals surface area contributed by atoms with E-state index in [1.165, 1.54) is 7.11 Å². The quantitative estimate of drug-likeness (QED) is 0.598. The molecule has 0 fully saturated rings. The first kappa shape index (κ1) is 8.22. The number of hydrogen-bond donors (Lipinski definition) is 1. The maximum atomic E-state index is 10.9. The molecule has 0 atom stereocenters. The standard InChI is InChI=1S/C5H8N2O3S/c1-10-2-4-3-11(8,9)5(6)7-4/h3H,2H2,1H3,(H2,6,7). The number of rotatable bonds is 2. The van der Waals surface area contributed by atoms with Gasteiger partial charge in [0.15, 0.2) is 0 Å². The van der Waals surface area contributed by atoms with Crippen LogP contribution in [0.1, 0.15) is 0 Å². The average Bonchev–Trinajstić information content (AvgIpc) is 2.08. The zero-order valence-corrected chi connectivity index (χ0v) is 6.76. The first-order chi connectivity index (χ1) is 5.06. The Bertz CT molecular complexity index is 315. The van der Waals surface area contributed by atoms with Crippen molar-refractivity contribution < 1.29 is 13.2 Å². The van der Waals surface area contributed by atoms with Gasteiger partial charge in [0, 0.05) is 7.11 Å². The van der Waals surface area contributed by atoms with Gasteiger partial charge in [0.1, 0.15) is 0 Å². The minimum atomic E-state index is -3.41. The lowest BCUT2D eigenvalue weighted by Gasteiger charge is -1.91. The highest BCUT2D eigenvalue weighted by atomic mass is 32.2. The number of hydrogen-bond acceptors (Lipinski definition) is 5. The summed E-state index contributed by atoms with van der Waals surface area (Å²) in [5.74, 6) is 0. The average molecular weight is 176 g/mol. The van der Waals surface area contributed by atoms with Crippen LogP contribution < -0.4 is 5.73 Å². The number of nitrogens with zero attached hydrogens (tertiary/aromatic N) is 1. The molecule has 6 heteroatoms. The van der Waals surface area contributed by atoms with E-state index < -0.39 is 9.84 Å². The Kier molecular flexibility index (Phi) is 1.97. The fraction of sp³-hybridized carbons (Fsp3) is 0.400. The zero-order chi connectivity index (χ0) is 8.48. The van der Waals surface area contributed by atoms with Crippen LogP contribution in [0.4, 0.5) is 0 Å². The van der Waals surface area contributed by atoms with Crippen molar-refractivity contribution in [1.29, 1.82) is 0 Å². The molecule has 0 aromatic carbocycles. The summed E-state index contributed by atoms with van der Waals surface area (Å²) in [5, 5.41) is 0.649. The van der Waals surface area contributed by atoms with E-state index in [-0.39, 0.29) is 11.8 Å². The van der Waals surface area contributed by atoms with Crippen LogP contribution in [0.5, 0.6) is 0 Å². The predicted octanol–water partition coefficient (Wildman–Crippen LogP) is -0.783. The molecule has 2 N–H and O–H groups in total. The Hall–Kier alpha value is -0.880. The van der Waals surface area contributed by atoms with E-state index in [0.29, 0.717) is 5.70 Å². The van der Waals surface area contributed by atoms with Crippen molar-refractivity contribution in [3.05, 3.63) is 11.1 Å². The minimum absolute atomic E-state index is 0.167. The summed E-state index contributed by atoms with van der Waals surface area (Å²) in [4.78, 5) is 3.57. The van der Waals surface area contributed by atoms with Gasteiger partial charge in [-0.2, -0.15) is 0 Å². The fourth-order valence-corrected chi connectivity index (χ4v) is 1.53. The van der Waals surface area contributed by atoms with Gasteiger partial charge in [-0.3, -0.25) is 0 Å². The lowest BCUT2D eigenvalue weighted by molar-refractivity contribution is 0.225. The van der Waals surface area contributed by atoms with Gasteiger partial charge in [-0.1, -0.05) is 0 Å². The smallest absolute Gasteiger partial charge is 0.234 e. The van der Waals surface area contributed by atoms with Gasteiger partial charge in [-0.25, -0.2) is 13.4 Å². The van der Waals surface area contributed by atoms with Crippen LogP contribution >= 0.6 is 0 Å². The molecule has 11 heavy (non-hydrogen) atoms. The van der Waals surface area contributed by atoms with Crippen LogP contribution in [0.2, 0.25) is 0 Å². The van der Waals surface area contributed by atoms with Crippen LogP contribution in [-0.2, 0) is 14.6 Å². The number of amidine groups is 1. The summed E-state index contributed by atoms with van der Waals surface area (Å²) >= 11 is 0. The summed E-state index contributed by atoms with van der Waals surface area (Å²) < 4.78 is 26.4. The highest BCUT2D eigenvalue weighted by Crippen LogP contribution is 2.11. The van der Waals surface area contributed by atoms with Crippen molar-refractivity contribution in [2.45, 2.75) is 0 Å². The highest BCUT2D eigenvalue weighted by molar-refractivity contribution is 8.09. The van der Waals surface area contributed by atoms with Crippen molar-refractivity contribution in [3.63, 3.8) is 0 Å². The summed E-state index contributed by atoms with van der Waals surface area (Å²) in [5.41, 5.74) is 5.43. The Morgan fingerprint density at radius 3 is 2.73 bits per heavy atom. The van der Waals surface area contributed by atoms with Gasteiger partial charge in [0.25, 0.3) is 0 Å². The van der Waals surface area contributed by atoms with Crippen molar-refractivity contribution in [1.82, 2.24) is 0 Å². The fourth-order valence-electron chi connectivity index (χ4n) is 0.685. The van der Waals surface area contributed by atoms with E-state index in [1.54, 1.807) is 0 Å².